The molecule has 0 bridgehead atoms. The Morgan fingerprint density at radius 3 is 1.41 bits per heavy atom. The van der Waals surface area contributed by atoms with Crippen molar-refractivity contribution in [1.29, 1.82) is 0 Å². The highest BCUT2D eigenvalue weighted by Gasteiger charge is 2.91. The molecule has 15 heteroatoms. The fourth-order valence-electron chi connectivity index (χ4n) is 2.00. The fraction of sp³-hybridized carbons (Fsp3) is 0.571. The van der Waals surface area contributed by atoms with Crippen LogP contribution in [0.2, 0.25) is 0 Å². The van der Waals surface area contributed by atoms with Gasteiger partial charge in [0.25, 0.3) is 0 Å². The minimum absolute atomic E-state index is 0.0400. The van der Waals surface area contributed by atoms with Gasteiger partial charge in [0, 0.05) is 6.07 Å². The van der Waals surface area contributed by atoms with Crippen molar-refractivity contribution in [3.8, 4) is 11.5 Å². The number of hydrogen-bond acceptors (Lipinski definition) is 2. The van der Waals surface area contributed by atoms with Gasteiger partial charge < -0.3 is 9.47 Å². The molecule has 0 aliphatic heterocycles. The standard InChI is InChI=1S/C14H9F13O2/c1-28-6-3-4-7(8(5-6)29-2)9(15,16)10(17,18)11(19,20)12(21,22)13(23,24)14(25,26)27/h3-5H,1-2H3. The van der Waals surface area contributed by atoms with E-state index in [1.165, 1.54) is 0 Å². The van der Waals surface area contributed by atoms with Gasteiger partial charge in [-0.05, 0) is 12.1 Å². The molecule has 0 aliphatic carbocycles. The lowest BCUT2D eigenvalue weighted by atomic mass is 9.90. The van der Waals surface area contributed by atoms with Crippen LogP contribution in [0.3, 0.4) is 0 Å². The smallest absolute Gasteiger partial charge is 0.460 e. The maximum atomic E-state index is 14.1. The van der Waals surface area contributed by atoms with E-state index in [2.05, 4.69) is 9.47 Å². The molecule has 1 rings (SSSR count). The summed E-state index contributed by atoms with van der Waals surface area (Å²) in [5.74, 6) is -39.1. The van der Waals surface area contributed by atoms with Gasteiger partial charge in [0.1, 0.15) is 11.5 Å². The van der Waals surface area contributed by atoms with Gasteiger partial charge in [-0.1, -0.05) is 0 Å². The van der Waals surface area contributed by atoms with Crippen LogP contribution in [-0.4, -0.2) is 44.1 Å². The third-order valence-electron chi connectivity index (χ3n) is 3.68. The van der Waals surface area contributed by atoms with Crippen molar-refractivity contribution >= 4 is 0 Å². The Hall–Kier alpha value is -2.09. The van der Waals surface area contributed by atoms with Crippen LogP contribution in [0.5, 0.6) is 11.5 Å². The van der Waals surface area contributed by atoms with Gasteiger partial charge in [0.15, 0.2) is 0 Å². The Morgan fingerprint density at radius 2 is 1.03 bits per heavy atom. The minimum Gasteiger partial charge on any atom is -0.497 e. The molecule has 0 unspecified atom stereocenters. The highest BCUT2D eigenvalue weighted by atomic mass is 19.4. The average Bonchev–Trinajstić information content (AvgIpc) is 2.59. The molecule has 29 heavy (non-hydrogen) atoms. The van der Waals surface area contributed by atoms with Crippen LogP contribution in [0.15, 0.2) is 18.2 Å². The van der Waals surface area contributed by atoms with Crippen LogP contribution in [-0.2, 0) is 5.92 Å². The Kier molecular flexibility index (Phi) is 6.03. The molecule has 0 atom stereocenters. The van der Waals surface area contributed by atoms with Gasteiger partial charge >= 0.3 is 35.8 Å². The molecule has 0 saturated carbocycles. The molecule has 0 aromatic heterocycles. The van der Waals surface area contributed by atoms with Crippen molar-refractivity contribution in [1.82, 2.24) is 0 Å². The van der Waals surface area contributed by atoms with E-state index in [9.17, 15) is 57.1 Å². The number of rotatable bonds is 7. The summed E-state index contributed by atoms with van der Waals surface area (Å²) in [6.45, 7) is 0. The lowest BCUT2D eigenvalue weighted by molar-refractivity contribution is -0.441. The first-order valence-electron chi connectivity index (χ1n) is 6.92. The van der Waals surface area contributed by atoms with Gasteiger partial charge in [-0.15, -0.1) is 0 Å². The second-order valence-electron chi connectivity index (χ2n) is 5.44. The first-order valence-corrected chi connectivity index (χ1v) is 6.92. The van der Waals surface area contributed by atoms with Crippen molar-refractivity contribution in [2.24, 2.45) is 0 Å². The second kappa shape index (κ2) is 7.00. The predicted octanol–water partition coefficient (Wildman–Crippen LogP) is 5.90. The first kappa shape index (κ1) is 24.9. The van der Waals surface area contributed by atoms with Gasteiger partial charge in [-0.25, -0.2) is 0 Å². The third kappa shape index (κ3) is 3.41. The molecule has 1 aromatic carbocycles. The van der Waals surface area contributed by atoms with E-state index in [0.29, 0.717) is 19.2 Å². The molecule has 1 aromatic rings. The summed E-state index contributed by atoms with van der Waals surface area (Å²) in [7, 11) is 1.52. The van der Waals surface area contributed by atoms with Crippen molar-refractivity contribution in [2.75, 3.05) is 14.2 Å². The molecule has 0 heterocycles. The highest BCUT2D eigenvalue weighted by Crippen LogP contribution is 2.62. The number of ether oxygens (including phenoxy) is 2. The number of methoxy groups -OCH3 is 2. The Morgan fingerprint density at radius 1 is 0.586 bits per heavy atom. The molecule has 0 fully saturated rings. The third-order valence-corrected chi connectivity index (χ3v) is 3.68. The second-order valence-corrected chi connectivity index (χ2v) is 5.44. The van der Waals surface area contributed by atoms with Gasteiger partial charge in [-0.3, -0.25) is 0 Å². The van der Waals surface area contributed by atoms with E-state index < -0.39 is 47.1 Å². The maximum absolute atomic E-state index is 14.1. The van der Waals surface area contributed by atoms with Crippen molar-refractivity contribution in [2.45, 2.75) is 35.8 Å². The molecule has 0 N–H and O–H groups in total. The van der Waals surface area contributed by atoms with Crippen LogP contribution in [0.25, 0.3) is 0 Å². The Balaban J connectivity index is 3.67. The first-order chi connectivity index (χ1) is 12.7. The molecule has 2 nitrogen and oxygen atoms in total. The molecule has 0 spiro atoms. The quantitative estimate of drug-likeness (QED) is 0.476. The van der Waals surface area contributed by atoms with Gasteiger partial charge in [0.05, 0.1) is 19.8 Å². The number of benzene rings is 1. The van der Waals surface area contributed by atoms with Gasteiger partial charge in [0.2, 0.25) is 0 Å². The zero-order valence-corrected chi connectivity index (χ0v) is 14.0. The van der Waals surface area contributed by atoms with Crippen molar-refractivity contribution < 1.29 is 66.5 Å². The molecule has 0 radical (unpaired) electrons. The number of halogens is 13. The minimum atomic E-state index is -7.95. The van der Waals surface area contributed by atoms with E-state index in [0.717, 1.165) is 7.11 Å². The lowest BCUT2D eigenvalue weighted by Crippen LogP contribution is -2.69. The Labute approximate surface area is 153 Å². The molecule has 0 amide bonds. The lowest BCUT2D eigenvalue weighted by Gasteiger charge is -2.40. The van der Waals surface area contributed by atoms with Crippen LogP contribution >= 0.6 is 0 Å². The SMILES string of the molecule is COc1ccc(C(F)(F)C(F)(F)C(F)(F)C(F)(F)C(F)(F)C(F)(F)F)c(OC)c1. The zero-order chi connectivity index (χ0) is 23.3. The van der Waals surface area contributed by atoms with Crippen molar-refractivity contribution in [3.05, 3.63) is 23.8 Å². The van der Waals surface area contributed by atoms with Crippen LogP contribution in [0, 0.1) is 0 Å². The normalized spacial score (nSPS) is 14.7. The van der Waals surface area contributed by atoms with E-state index in [1.807, 2.05) is 0 Å². The van der Waals surface area contributed by atoms with Gasteiger partial charge in [-0.2, -0.15) is 57.1 Å². The fourth-order valence-corrected chi connectivity index (χ4v) is 2.00. The summed E-state index contributed by atoms with van der Waals surface area (Å²) >= 11 is 0. The highest BCUT2D eigenvalue weighted by molar-refractivity contribution is 5.44. The van der Waals surface area contributed by atoms with E-state index in [1.54, 1.807) is 0 Å². The van der Waals surface area contributed by atoms with E-state index in [-0.39, 0.29) is 11.8 Å². The van der Waals surface area contributed by atoms with Crippen molar-refractivity contribution in [3.63, 3.8) is 0 Å². The van der Waals surface area contributed by atoms with Crippen LogP contribution < -0.4 is 9.47 Å². The predicted molar refractivity (Wildman–Crippen MR) is 69.3 cm³/mol. The molecular formula is C14H9F13O2. The summed E-state index contributed by atoms with van der Waals surface area (Å²) < 4.78 is 180. The summed E-state index contributed by atoms with van der Waals surface area (Å²) in [6.07, 6.45) is -7.46. The van der Waals surface area contributed by atoms with E-state index in [4.69, 9.17) is 0 Å². The summed E-state index contributed by atoms with van der Waals surface area (Å²) in [6, 6.07) is 0.865. The monoisotopic (exact) mass is 456 g/mol. The van der Waals surface area contributed by atoms with E-state index >= 15 is 0 Å². The number of hydrogen-bond donors (Lipinski definition) is 0. The number of alkyl halides is 13. The molecular weight excluding hydrogens is 447 g/mol. The topological polar surface area (TPSA) is 18.5 Å². The zero-order valence-electron chi connectivity index (χ0n) is 14.0. The van der Waals surface area contributed by atoms with Crippen LogP contribution in [0.4, 0.5) is 57.1 Å². The summed E-state index contributed by atoms with van der Waals surface area (Å²) in [5.41, 5.74) is -2.20. The maximum Gasteiger partial charge on any atom is 0.460 e. The molecule has 0 aliphatic rings. The summed E-state index contributed by atoms with van der Waals surface area (Å²) in [5, 5.41) is 0. The summed E-state index contributed by atoms with van der Waals surface area (Å²) in [4.78, 5) is 0. The largest absolute Gasteiger partial charge is 0.497 e. The Bertz CT molecular complexity index is 740. The van der Waals surface area contributed by atoms with Crippen LogP contribution in [0.1, 0.15) is 5.56 Å². The molecule has 0 saturated heterocycles. The molecule has 168 valence electrons. The average molecular weight is 456 g/mol.